The normalized spacial score (nSPS) is 15.8. The highest BCUT2D eigenvalue weighted by Crippen LogP contribution is 2.30. The van der Waals surface area contributed by atoms with E-state index in [1.807, 2.05) is 6.92 Å². The van der Waals surface area contributed by atoms with Gasteiger partial charge in [0, 0.05) is 12.8 Å². The first-order valence-corrected chi connectivity index (χ1v) is 5.79. The fourth-order valence-electron chi connectivity index (χ4n) is 2.16. The van der Waals surface area contributed by atoms with Gasteiger partial charge in [0.15, 0.2) is 0 Å². The van der Waals surface area contributed by atoms with Gasteiger partial charge in [0.25, 0.3) is 0 Å². The lowest BCUT2D eigenvalue weighted by atomic mass is 9.91. The van der Waals surface area contributed by atoms with Gasteiger partial charge in [-0.25, -0.2) is 4.79 Å². The molecule has 5 nitrogen and oxygen atoms in total. The Morgan fingerprint density at radius 3 is 2.65 bits per heavy atom. The maximum Gasteiger partial charge on any atom is 0.341 e. The van der Waals surface area contributed by atoms with Crippen molar-refractivity contribution in [2.24, 2.45) is 0 Å². The summed E-state index contributed by atoms with van der Waals surface area (Å²) in [6, 6.07) is 0.115. The van der Waals surface area contributed by atoms with E-state index in [0.29, 0.717) is 30.7 Å². The van der Waals surface area contributed by atoms with Crippen LogP contribution in [0.2, 0.25) is 0 Å². The molecule has 0 amide bonds. The van der Waals surface area contributed by atoms with E-state index in [1.54, 1.807) is 18.5 Å². The first-order chi connectivity index (χ1) is 8.04. The number of esters is 1. The quantitative estimate of drug-likeness (QED) is 0.747. The Kier molecular flexibility index (Phi) is 3.00. The zero-order chi connectivity index (χ0) is 12.6. The Hall–Kier alpha value is -1.65. The van der Waals surface area contributed by atoms with Crippen molar-refractivity contribution in [2.75, 3.05) is 6.61 Å². The van der Waals surface area contributed by atoms with Gasteiger partial charge in [-0.15, -0.1) is 0 Å². The van der Waals surface area contributed by atoms with Gasteiger partial charge >= 0.3 is 5.97 Å². The monoisotopic (exact) mass is 236 g/mol. The molecule has 2 rings (SSSR count). The Morgan fingerprint density at radius 2 is 2.12 bits per heavy atom. The summed E-state index contributed by atoms with van der Waals surface area (Å²) < 4.78 is 6.78. The fraction of sp³-hybridized carbons (Fsp3) is 0.583. The second-order valence-electron chi connectivity index (χ2n) is 4.31. The third kappa shape index (κ3) is 1.97. The Bertz CT molecular complexity index is 468. The summed E-state index contributed by atoms with van der Waals surface area (Å²) in [5, 5.41) is 4.33. The van der Waals surface area contributed by atoms with Crippen LogP contribution in [-0.4, -0.2) is 28.1 Å². The molecule has 1 aromatic rings. The molecule has 0 spiro atoms. The van der Waals surface area contributed by atoms with Crippen molar-refractivity contribution >= 4 is 11.8 Å². The second kappa shape index (κ2) is 4.31. The first kappa shape index (κ1) is 11.8. The summed E-state index contributed by atoms with van der Waals surface area (Å²) in [4.78, 5) is 22.7. The molecular formula is C12H16N2O3. The van der Waals surface area contributed by atoms with E-state index in [2.05, 4.69) is 5.10 Å². The highest BCUT2D eigenvalue weighted by Gasteiger charge is 2.32. The summed E-state index contributed by atoms with van der Waals surface area (Å²) in [5.74, 6) is -0.0837. The topological polar surface area (TPSA) is 61.2 Å². The Balaban J connectivity index is 2.29. The van der Waals surface area contributed by atoms with Gasteiger partial charge in [-0.1, -0.05) is 0 Å². The molecule has 17 heavy (non-hydrogen) atoms. The predicted molar refractivity (Wildman–Crippen MR) is 60.9 cm³/mol. The lowest BCUT2D eigenvalue weighted by molar-refractivity contribution is -0.126. The number of hydrogen-bond donors (Lipinski definition) is 0. The van der Waals surface area contributed by atoms with E-state index >= 15 is 0 Å². The number of ether oxygens (including phenoxy) is 1. The molecule has 92 valence electrons. The van der Waals surface area contributed by atoms with Crippen LogP contribution in [0.1, 0.15) is 47.6 Å². The van der Waals surface area contributed by atoms with Gasteiger partial charge < -0.3 is 4.74 Å². The molecule has 0 bridgehead atoms. The van der Waals surface area contributed by atoms with Crippen molar-refractivity contribution in [1.82, 2.24) is 9.78 Å². The first-order valence-electron chi connectivity index (χ1n) is 5.79. The van der Waals surface area contributed by atoms with Gasteiger partial charge in [-0.3, -0.25) is 9.48 Å². The molecule has 0 saturated heterocycles. The molecule has 0 radical (unpaired) electrons. The smallest absolute Gasteiger partial charge is 0.341 e. The molecule has 1 aromatic heterocycles. The van der Waals surface area contributed by atoms with Crippen LogP contribution < -0.4 is 0 Å². The average Bonchev–Trinajstić information content (AvgIpc) is 2.50. The molecule has 0 N–H and O–H groups in total. The molecule has 5 heteroatoms. The van der Waals surface area contributed by atoms with Crippen LogP contribution in [0.15, 0.2) is 0 Å². The fourth-order valence-corrected chi connectivity index (χ4v) is 2.16. The number of rotatable bonds is 3. The third-order valence-electron chi connectivity index (χ3n) is 3.08. The number of aryl methyl sites for hydroxylation is 1. The van der Waals surface area contributed by atoms with E-state index in [1.165, 1.54) is 0 Å². The van der Waals surface area contributed by atoms with Crippen molar-refractivity contribution in [3.63, 3.8) is 0 Å². The molecular weight excluding hydrogens is 220 g/mol. The summed E-state index contributed by atoms with van der Waals surface area (Å²) >= 11 is 0. The van der Waals surface area contributed by atoms with Crippen molar-refractivity contribution in [3.05, 3.63) is 17.0 Å². The predicted octanol–water partition coefficient (Wildman–Crippen LogP) is 1.58. The molecule has 1 fully saturated rings. The molecule has 1 heterocycles. The minimum atomic E-state index is -0.334. The minimum Gasteiger partial charge on any atom is -0.462 e. The lowest BCUT2D eigenvalue weighted by Gasteiger charge is -2.25. The van der Waals surface area contributed by atoms with Crippen LogP contribution in [0.25, 0.3) is 0 Å². The second-order valence-corrected chi connectivity index (χ2v) is 4.31. The molecule has 0 aromatic carbocycles. The number of Topliss-reactive ketones (excluding diaryl/α,β-unsaturated/α-hetero) is 1. The summed E-state index contributed by atoms with van der Waals surface area (Å²) in [6.45, 7) is 5.76. The molecule has 0 unspecified atom stereocenters. The third-order valence-corrected chi connectivity index (χ3v) is 3.08. The zero-order valence-electron chi connectivity index (χ0n) is 10.3. The van der Waals surface area contributed by atoms with Crippen LogP contribution >= 0.6 is 0 Å². The number of hydrogen-bond acceptors (Lipinski definition) is 4. The zero-order valence-corrected chi connectivity index (χ0v) is 10.3. The summed E-state index contributed by atoms with van der Waals surface area (Å²) in [6.07, 6.45) is 1.04. The highest BCUT2D eigenvalue weighted by atomic mass is 16.5. The SMILES string of the molecule is CCOC(=O)c1c(C)nn(C2CC(=O)C2)c1C. The van der Waals surface area contributed by atoms with Crippen molar-refractivity contribution in [1.29, 1.82) is 0 Å². The van der Waals surface area contributed by atoms with E-state index in [0.717, 1.165) is 5.69 Å². The van der Waals surface area contributed by atoms with Crippen LogP contribution in [-0.2, 0) is 9.53 Å². The highest BCUT2D eigenvalue weighted by molar-refractivity contribution is 5.92. The van der Waals surface area contributed by atoms with Crippen LogP contribution in [0.4, 0.5) is 0 Å². The van der Waals surface area contributed by atoms with Crippen molar-refractivity contribution in [3.8, 4) is 0 Å². The summed E-state index contributed by atoms with van der Waals surface area (Å²) in [7, 11) is 0. The number of nitrogens with zero attached hydrogens (tertiary/aromatic N) is 2. The van der Waals surface area contributed by atoms with E-state index in [-0.39, 0.29) is 17.8 Å². The number of carbonyl (C=O) groups excluding carboxylic acids is 2. The minimum absolute atomic E-state index is 0.115. The Labute approximate surface area is 99.8 Å². The van der Waals surface area contributed by atoms with Crippen LogP contribution in [0, 0.1) is 13.8 Å². The number of aromatic nitrogens is 2. The van der Waals surface area contributed by atoms with Crippen LogP contribution in [0.5, 0.6) is 0 Å². The average molecular weight is 236 g/mol. The van der Waals surface area contributed by atoms with E-state index in [4.69, 9.17) is 4.74 Å². The van der Waals surface area contributed by atoms with Gasteiger partial charge in [-0.2, -0.15) is 5.10 Å². The largest absolute Gasteiger partial charge is 0.462 e. The van der Waals surface area contributed by atoms with Crippen molar-refractivity contribution < 1.29 is 14.3 Å². The maximum atomic E-state index is 11.8. The molecule has 1 saturated carbocycles. The standard InChI is InChI=1S/C12H16N2O3/c1-4-17-12(16)11-7(2)13-14(8(11)3)9-5-10(15)6-9/h9H,4-6H2,1-3H3. The molecule has 0 aliphatic heterocycles. The summed E-state index contributed by atoms with van der Waals surface area (Å²) in [5.41, 5.74) is 1.99. The van der Waals surface area contributed by atoms with Crippen LogP contribution in [0.3, 0.4) is 0 Å². The van der Waals surface area contributed by atoms with Crippen molar-refractivity contribution in [2.45, 2.75) is 39.7 Å². The van der Waals surface area contributed by atoms with E-state index in [9.17, 15) is 9.59 Å². The molecule has 1 aliphatic rings. The van der Waals surface area contributed by atoms with Gasteiger partial charge in [-0.05, 0) is 20.8 Å². The van der Waals surface area contributed by atoms with Gasteiger partial charge in [0.2, 0.25) is 0 Å². The van der Waals surface area contributed by atoms with E-state index < -0.39 is 0 Å². The Morgan fingerprint density at radius 1 is 1.47 bits per heavy atom. The van der Waals surface area contributed by atoms with Gasteiger partial charge in [0.1, 0.15) is 11.3 Å². The van der Waals surface area contributed by atoms with Gasteiger partial charge in [0.05, 0.1) is 24.0 Å². The maximum absolute atomic E-state index is 11.8. The molecule has 0 atom stereocenters. The lowest BCUT2D eigenvalue weighted by Crippen LogP contribution is -2.28. The number of carbonyl (C=O) groups is 2. The molecule has 1 aliphatic carbocycles. The number of ketones is 1.